The fourth-order valence-corrected chi connectivity index (χ4v) is 2.57. The minimum atomic E-state index is -0.0111. The Kier molecular flexibility index (Phi) is 4.83. The molecule has 0 radical (unpaired) electrons. The minimum absolute atomic E-state index is 0.0111. The summed E-state index contributed by atoms with van der Waals surface area (Å²) in [6, 6.07) is 8.36. The second-order valence-corrected chi connectivity index (χ2v) is 5.72. The molecule has 0 atom stereocenters. The molecule has 94 valence electrons. The highest BCUT2D eigenvalue weighted by molar-refractivity contribution is 8.15. The molecule has 2 rings (SSSR count). The monoisotopic (exact) mass is 279 g/mol. The lowest BCUT2D eigenvalue weighted by Gasteiger charge is -1.97. The van der Waals surface area contributed by atoms with E-state index in [1.807, 2.05) is 0 Å². The first-order chi connectivity index (χ1) is 8.74. The summed E-state index contributed by atoms with van der Waals surface area (Å²) >= 11 is 3.07. The molecule has 1 aromatic rings. The second kappa shape index (κ2) is 6.61. The third kappa shape index (κ3) is 4.19. The maximum absolute atomic E-state index is 10.9. The molecule has 1 fully saturated rings. The summed E-state index contributed by atoms with van der Waals surface area (Å²) in [5.74, 6) is 1.19. The van der Waals surface area contributed by atoms with Crippen molar-refractivity contribution < 1.29 is 4.79 Å². The number of hydrogen-bond acceptors (Lipinski definition) is 5. The second-order valence-electron chi connectivity index (χ2n) is 3.66. The highest BCUT2D eigenvalue weighted by Gasteiger charge is 2.15. The van der Waals surface area contributed by atoms with E-state index in [9.17, 15) is 4.79 Å². The molecular formula is C12H13N3OS2. The summed E-state index contributed by atoms with van der Waals surface area (Å²) in [5, 5.41) is 11.1. The van der Waals surface area contributed by atoms with E-state index >= 15 is 0 Å². The number of hydrogen-bond donors (Lipinski definition) is 1. The van der Waals surface area contributed by atoms with Gasteiger partial charge in [-0.05, 0) is 19.1 Å². The zero-order chi connectivity index (χ0) is 12.8. The highest BCUT2D eigenvalue weighted by Crippen LogP contribution is 2.17. The van der Waals surface area contributed by atoms with Crippen molar-refractivity contribution in [3.8, 4) is 0 Å². The third-order valence-corrected chi connectivity index (χ3v) is 3.95. The van der Waals surface area contributed by atoms with Crippen LogP contribution in [0.5, 0.6) is 0 Å². The first kappa shape index (κ1) is 13.2. The van der Waals surface area contributed by atoms with Gasteiger partial charge in [-0.3, -0.25) is 4.79 Å². The predicted octanol–water partition coefficient (Wildman–Crippen LogP) is 2.29. The van der Waals surface area contributed by atoms with Crippen LogP contribution in [0.25, 0.3) is 0 Å². The summed E-state index contributed by atoms with van der Waals surface area (Å²) < 4.78 is 0. The molecule has 1 aliphatic rings. The number of benzene rings is 1. The molecule has 1 amide bonds. The summed E-state index contributed by atoms with van der Waals surface area (Å²) in [7, 11) is 0. The number of nitrogens with zero attached hydrogens (tertiary/aromatic N) is 2. The maximum Gasteiger partial charge on any atom is 0.236 e. The van der Waals surface area contributed by atoms with Crippen molar-refractivity contribution in [2.45, 2.75) is 11.8 Å². The van der Waals surface area contributed by atoms with Gasteiger partial charge >= 0.3 is 0 Å². The number of thioether (sulfide) groups is 2. The van der Waals surface area contributed by atoms with E-state index in [0.717, 1.165) is 5.75 Å². The Morgan fingerprint density at radius 2 is 2.22 bits per heavy atom. The van der Waals surface area contributed by atoms with Crippen LogP contribution in [0.3, 0.4) is 0 Å². The number of amidine groups is 1. The van der Waals surface area contributed by atoms with Gasteiger partial charge in [0.05, 0.1) is 5.75 Å². The van der Waals surface area contributed by atoms with E-state index in [2.05, 4.69) is 46.7 Å². The van der Waals surface area contributed by atoms with E-state index in [0.29, 0.717) is 10.9 Å². The van der Waals surface area contributed by atoms with E-state index in [1.165, 1.54) is 22.2 Å². The van der Waals surface area contributed by atoms with Crippen LogP contribution in [-0.4, -0.2) is 28.8 Å². The fraction of sp³-hybridized carbons (Fsp3) is 0.250. The average Bonchev–Trinajstić information content (AvgIpc) is 2.77. The Morgan fingerprint density at radius 1 is 1.44 bits per heavy atom. The number of aryl methyl sites for hydroxylation is 1. The number of carbonyl (C=O) groups excluding carboxylic acids is 1. The zero-order valence-corrected chi connectivity index (χ0v) is 11.6. The van der Waals surface area contributed by atoms with Crippen LogP contribution in [0.1, 0.15) is 5.56 Å². The van der Waals surface area contributed by atoms with E-state index in [-0.39, 0.29) is 5.91 Å². The summed E-state index contributed by atoms with van der Waals surface area (Å²) in [4.78, 5) is 12.1. The molecule has 1 heterocycles. The van der Waals surface area contributed by atoms with Gasteiger partial charge in [0.15, 0.2) is 5.17 Å². The molecule has 1 saturated heterocycles. The first-order valence-corrected chi connectivity index (χ1v) is 7.43. The van der Waals surface area contributed by atoms with Crippen molar-refractivity contribution in [2.75, 3.05) is 11.5 Å². The van der Waals surface area contributed by atoms with Gasteiger partial charge in [0.2, 0.25) is 5.91 Å². The number of nitrogens with one attached hydrogen (secondary N) is 1. The maximum atomic E-state index is 10.9. The first-order valence-electron chi connectivity index (χ1n) is 5.45. The summed E-state index contributed by atoms with van der Waals surface area (Å²) in [6.45, 7) is 2.07. The molecule has 1 aliphatic heterocycles. The molecule has 1 N–H and O–H groups in total. The van der Waals surface area contributed by atoms with E-state index in [4.69, 9.17) is 0 Å². The van der Waals surface area contributed by atoms with Crippen molar-refractivity contribution in [1.82, 2.24) is 5.32 Å². The van der Waals surface area contributed by atoms with Gasteiger partial charge in [0.25, 0.3) is 0 Å². The molecule has 4 nitrogen and oxygen atoms in total. The van der Waals surface area contributed by atoms with Gasteiger partial charge in [-0.25, -0.2) is 0 Å². The Hall–Kier alpha value is -1.27. The van der Waals surface area contributed by atoms with Crippen molar-refractivity contribution in [3.05, 3.63) is 29.8 Å². The summed E-state index contributed by atoms with van der Waals surface area (Å²) in [5.41, 5.74) is 1.26. The van der Waals surface area contributed by atoms with Gasteiger partial charge in [0.1, 0.15) is 0 Å². The van der Waals surface area contributed by atoms with Crippen LogP contribution in [-0.2, 0) is 4.79 Å². The lowest BCUT2D eigenvalue weighted by atomic mass is 10.2. The largest absolute Gasteiger partial charge is 0.303 e. The Morgan fingerprint density at radius 3 is 2.89 bits per heavy atom. The minimum Gasteiger partial charge on any atom is -0.303 e. The van der Waals surface area contributed by atoms with Crippen molar-refractivity contribution in [1.29, 1.82) is 0 Å². The fourth-order valence-electron chi connectivity index (χ4n) is 1.27. The molecule has 0 bridgehead atoms. The van der Waals surface area contributed by atoms with E-state index in [1.54, 1.807) is 18.0 Å². The molecule has 0 unspecified atom stereocenters. The Bertz CT molecular complexity index is 483. The van der Waals surface area contributed by atoms with Crippen LogP contribution in [0, 0.1) is 6.92 Å². The highest BCUT2D eigenvalue weighted by atomic mass is 32.2. The van der Waals surface area contributed by atoms with Gasteiger partial charge in [-0.1, -0.05) is 29.5 Å². The quantitative estimate of drug-likeness (QED) is 0.523. The average molecular weight is 279 g/mol. The van der Waals surface area contributed by atoms with E-state index < -0.39 is 0 Å². The molecule has 0 aromatic heterocycles. The van der Waals surface area contributed by atoms with Gasteiger partial charge in [-0.15, -0.1) is 16.9 Å². The molecule has 0 saturated carbocycles. The number of amides is 1. The zero-order valence-electron chi connectivity index (χ0n) is 9.92. The van der Waals surface area contributed by atoms with Crippen LogP contribution >= 0.6 is 23.5 Å². The third-order valence-electron chi connectivity index (χ3n) is 2.16. The predicted molar refractivity (Wildman–Crippen MR) is 78.4 cm³/mol. The van der Waals surface area contributed by atoms with Gasteiger partial charge in [0, 0.05) is 16.9 Å². The smallest absolute Gasteiger partial charge is 0.236 e. The Labute approximate surface area is 114 Å². The van der Waals surface area contributed by atoms with Gasteiger partial charge < -0.3 is 5.32 Å². The van der Waals surface area contributed by atoms with Crippen LogP contribution in [0.4, 0.5) is 0 Å². The van der Waals surface area contributed by atoms with Gasteiger partial charge in [-0.2, -0.15) is 5.10 Å². The Balaban J connectivity index is 1.75. The molecule has 0 spiro atoms. The van der Waals surface area contributed by atoms with Crippen molar-refractivity contribution in [2.24, 2.45) is 10.2 Å². The number of carbonyl (C=O) groups is 1. The molecule has 0 aliphatic carbocycles. The molecular weight excluding hydrogens is 266 g/mol. The molecule has 6 heteroatoms. The normalized spacial score (nSPS) is 17.6. The summed E-state index contributed by atoms with van der Waals surface area (Å²) in [6.07, 6.45) is 1.74. The lowest BCUT2D eigenvalue weighted by molar-refractivity contribution is -0.116. The molecule has 18 heavy (non-hydrogen) atoms. The topological polar surface area (TPSA) is 53.8 Å². The van der Waals surface area contributed by atoms with Crippen molar-refractivity contribution in [3.63, 3.8) is 0 Å². The SMILES string of the molecule is Cc1ccc(SC/C=N/N=C2/NC(=O)CS2)cc1. The lowest BCUT2D eigenvalue weighted by Crippen LogP contribution is -2.19. The van der Waals surface area contributed by atoms with Crippen LogP contribution < -0.4 is 5.32 Å². The van der Waals surface area contributed by atoms with Crippen molar-refractivity contribution >= 4 is 40.8 Å². The van der Waals surface area contributed by atoms with Crippen LogP contribution in [0.2, 0.25) is 0 Å². The number of rotatable bonds is 4. The standard InChI is InChI=1S/C12H13N3OS2/c1-9-2-4-10(5-3-9)17-7-6-13-15-12-14-11(16)8-18-12/h2-6H,7-8H2,1H3,(H,14,15,16)/b13-6+. The van der Waals surface area contributed by atoms with Crippen LogP contribution in [0.15, 0.2) is 39.4 Å². The molecule has 1 aromatic carbocycles.